The summed E-state index contributed by atoms with van der Waals surface area (Å²) in [7, 11) is 0. The first-order valence-corrected chi connectivity index (χ1v) is 9.38. The van der Waals surface area contributed by atoms with E-state index in [9.17, 15) is 29.7 Å². The van der Waals surface area contributed by atoms with E-state index >= 15 is 0 Å². The number of anilines is 2. The Kier molecular flexibility index (Phi) is 7.30. The Morgan fingerprint density at radius 3 is 2.03 bits per heavy atom. The molecule has 0 aliphatic rings. The van der Waals surface area contributed by atoms with Gasteiger partial charge in [0.1, 0.15) is 5.60 Å². The average Bonchev–Trinajstić information content (AvgIpc) is 2.65. The van der Waals surface area contributed by atoms with Crippen molar-refractivity contribution in [1.29, 1.82) is 0 Å². The summed E-state index contributed by atoms with van der Waals surface area (Å²) in [5.74, 6) is -3.12. The first-order chi connectivity index (χ1) is 14.5. The maximum absolute atomic E-state index is 12.4. The van der Waals surface area contributed by atoms with E-state index in [0.29, 0.717) is 5.69 Å². The molecule has 31 heavy (non-hydrogen) atoms. The zero-order chi connectivity index (χ0) is 23.2. The second-order valence-corrected chi connectivity index (χ2v) is 7.59. The van der Waals surface area contributed by atoms with Gasteiger partial charge in [-0.05, 0) is 45.0 Å². The van der Waals surface area contributed by atoms with Crippen LogP contribution in [0.25, 0.3) is 0 Å². The molecule has 2 rings (SSSR count). The lowest BCUT2D eigenvalue weighted by Crippen LogP contribution is -2.34. The molecule has 0 aromatic heterocycles. The van der Waals surface area contributed by atoms with Crippen LogP contribution in [0.15, 0.2) is 36.4 Å². The highest BCUT2D eigenvalue weighted by Gasteiger charge is 2.17. The lowest BCUT2D eigenvalue weighted by atomic mass is 10.1. The first-order valence-electron chi connectivity index (χ1n) is 9.38. The van der Waals surface area contributed by atoms with Gasteiger partial charge in [-0.3, -0.25) is 9.59 Å². The third-order valence-corrected chi connectivity index (χ3v) is 3.80. The van der Waals surface area contributed by atoms with Gasteiger partial charge in [-0.2, -0.15) is 0 Å². The maximum Gasteiger partial charge on any atom is 0.407 e. The van der Waals surface area contributed by atoms with Crippen molar-refractivity contribution in [3.63, 3.8) is 0 Å². The number of benzene rings is 2. The highest BCUT2D eigenvalue weighted by atomic mass is 16.6. The zero-order valence-electron chi connectivity index (χ0n) is 17.4. The van der Waals surface area contributed by atoms with Crippen LogP contribution in [0.3, 0.4) is 0 Å². The molecule has 0 unspecified atom stereocenters. The third-order valence-electron chi connectivity index (χ3n) is 3.80. The largest absolute Gasteiger partial charge is 0.504 e. The number of nitrogens with one attached hydrogen (secondary N) is 3. The molecule has 10 heteroatoms. The van der Waals surface area contributed by atoms with Gasteiger partial charge >= 0.3 is 6.09 Å². The van der Waals surface area contributed by atoms with E-state index in [1.807, 2.05) is 0 Å². The van der Waals surface area contributed by atoms with E-state index in [1.54, 1.807) is 45.0 Å². The Bertz CT molecular complexity index is 960. The molecule has 2 aromatic rings. The lowest BCUT2D eigenvalue weighted by molar-refractivity contribution is -0.116. The molecule has 0 aliphatic heterocycles. The Balaban J connectivity index is 1.98. The molecule has 0 atom stereocenters. The third kappa shape index (κ3) is 7.11. The fraction of sp³-hybridized carbons (Fsp3) is 0.286. The summed E-state index contributed by atoms with van der Waals surface area (Å²) in [6.45, 7) is 5.24. The van der Waals surface area contributed by atoms with Crippen molar-refractivity contribution in [3.8, 4) is 17.2 Å². The average molecular weight is 431 g/mol. The molecule has 0 saturated heterocycles. The smallest absolute Gasteiger partial charge is 0.407 e. The van der Waals surface area contributed by atoms with Crippen LogP contribution >= 0.6 is 0 Å². The summed E-state index contributed by atoms with van der Waals surface area (Å²) < 4.78 is 5.09. The number of rotatable bonds is 6. The molecule has 3 amide bonds. The Morgan fingerprint density at radius 2 is 1.48 bits per heavy atom. The van der Waals surface area contributed by atoms with Gasteiger partial charge in [0, 0.05) is 18.5 Å². The number of alkyl carbamates (subject to hydrolysis) is 1. The van der Waals surface area contributed by atoms with Gasteiger partial charge in [0.05, 0.1) is 11.4 Å². The van der Waals surface area contributed by atoms with E-state index in [1.165, 1.54) is 0 Å². The van der Waals surface area contributed by atoms with Crippen molar-refractivity contribution in [2.24, 2.45) is 0 Å². The summed E-state index contributed by atoms with van der Waals surface area (Å²) in [5.41, 5.74) is -0.164. The van der Waals surface area contributed by atoms with Crippen LogP contribution in [0.4, 0.5) is 16.2 Å². The van der Waals surface area contributed by atoms with Gasteiger partial charge < -0.3 is 36.0 Å². The number of hydrogen-bond acceptors (Lipinski definition) is 7. The molecule has 0 bridgehead atoms. The number of carbonyl (C=O) groups is 3. The highest BCUT2D eigenvalue weighted by molar-refractivity contribution is 6.07. The second-order valence-electron chi connectivity index (χ2n) is 7.59. The SMILES string of the molecule is CC(C)(C)OC(=O)NCCC(=O)Nc1ccccc1NC(=O)c1cc(O)c(O)c(O)c1. The molecule has 0 saturated carbocycles. The van der Waals surface area contributed by atoms with Crippen molar-refractivity contribution in [1.82, 2.24) is 5.32 Å². The Hall–Kier alpha value is -3.95. The minimum Gasteiger partial charge on any atom is -0.504 e. The number of phenolic OH excluding ortho intramolecular Hbond substituents is 3. The fourth-order valence-electron chi connectivity index (χ4n) is 2.44. The number of carbonyl (C=O) groups excluding carboxylic acids is 3. The van der Waals surface area contributed by atoms with Crippen LogP contribution in [-0.2, 0) is 9.53 Å². The number of phenols is 3. The predicted molar refractivity (Wildman–Crippen MR) is 113 cm³/mol. The van der Waals surface area contributed by atoms with E-state index < -0.39 is 40.8 Å². The number of ether oxygens (including phenoxy) is 1. The molecule has 0 heterocycles. The topological polar surface area (TPSA) is 157 Å². The molecule has 10 nitrogen and oxygen atoms in total. The summed E-state index contributed by atoms with van der Waals surface area (Å²) in [5, 5.41) is 36.2. The van der Waals surface area contributed by atoms with Gasteiger partial charge in [-0.25, -0.2) is 4.79 Å². The summed E-state index contributed by atoms with van der Waals surface area (Å²) in [6, 6.07) is 8.40. The normalized spacial score (nSPS) is 10.8. The van der Waals surface area contributed by atoms with Gasteiger partial charge in [0.15, 0.2) is 17.2 Å². The minimum absolute atomic E-state index is 0.0266. The molecule has 0 fully saturated rings. The number of para-hydroxylation sites is 2. The van der Waals surface area contributed by atoms with E-state index in [2.05, 4.69) is 16.0 Å². The van der Waals surface area contributed by atoms with Gasteiger partial charge in [-0.1, -0.05) is 12.1 Å². The van der Waals surface area contributed by atoms with E-state index in [0.717, 1.165) is 12.1 Å². The number of hydrogen-bond donors (Lipinski definition) is 6. The van der Waals surface area contributed by atoms with Crippen LogP contribution < -0.4 is 16.0 Å². The van der Waals surface area contributed by atoms with Crippen LogP contribution in [0.5, 0.6) is 17.2 Å². The van der Waals surface area contributed by atoms with Crippen molar-refractivity contribution < 1.29 is 34.4 Å². The Labute approximate surface area is 178 Å². The lowest BCUT2D eigenvalue weighted by Gasteiger charge is -2.19. The van der Waals surface area contributed by atoms with E-state index in [-0.39, 0.29) is 24.2 Å². The number of aromatic hydroxyl groups is 3. The van der Waals surface area contributed by atoms with Gasteiger partial charge in [-0.15, -0.1) is 0 Å². The minimum atomic E-state index is -0.732. The van der Waals surface area contributed by atoms with Crippen molar-refractivity contribution in [3.05, 3.63) is 42.0 Å². The molecule has 2 aromatic carbocycles. The van der Waals surface area contributed by atoms with Crippen molar-refractivity contribution in [2.75, 3.05) is 17.2 Å². The molecule has 6 N–H and O–H groups in total. The molecular formula is C21H25N3O7. The first kappa shape index (κ1) is 23.3. The van der Waals surface area contributed by atoms with Gasteiger partial charge in [0.2, 0.25) is 5.91 Å². The fourth-order valence-corrected chi connectivity index (χ4v) is 2.44. The molecule has 0 radical (unpaired) electrons. The van der Waals surface area contributed by atoms with Crippen LogP contribution in [0.1, 0.15) is 37.6 Å². The van der Waals surface area contributed by atoms with Crippen molar-refractivity contribution in [2.45, 2.75) is 32.8 Å². The maximum atomic E-state index is 12.4. The van der Waals surface area contributed by atoms with E-state index in [4.69, 9.17) is 4.74 Å². The van der Waals surface area contributed by atoms with Gasteiger partial charge in [0.25, 0.3) is 5.91 Å². The molecule has 166 valence electrons. The summed E-state index contributed by atoms with van der Waals surface area (Å²) in [4.78, 5) is 36.3. The highest BCUT2D eigenvalue weighted by Crippen LogP contribution is 2.35. The molecule has 0 aliphatic carbocycles. The summed E-state index contributed by atoms with van der Waals surface area (Å²) >= 11 is 0. The van der Waals surface area contributed by atoms with Crippen LogP contribution in [0.2, 0.25) is 0 Å². The Morgan fingerprint density at radius 1 is 0.935 bits per heavy atom. The predicted octanol–water partition coefficient (Wildman–Crippen LogP) is 2.91. The monoisotopic (exact) mass is 431 g/mol. The standard InChI is InChI=1S/C21H25N3O7/c1-21(2,3)31-20(30)22-9-8-17(27)23-13-6-4-5-7-14(13)24-19(29)12-10-15(25)18(28)16(26)11-12/h4-7,10-11,25-26,28H,8-9H2,1-3H3,(H,22,30)(H,23,27)(H,24,29). The number of amides is 3. The molecule has 0 spiro atoms. The zero-order valence-corrected chi connectivity index (χ0v) is 17.4. The van der Waals surface area contributed by atoms with Crippen molar-refractivity contribution >= 4 is 29.3 Å². The second kappa shape index (κ2) is 9.70. The summed E-state index contributed by atoms with van der Waals surface area (Å²) in [6.07, 6.45) is -0.658. The van der Waals surface area contributed by atoms with Crippen LogP contribution in [-0.4, -0.2) is 45.4 Å². The quantitative estimate of drug-likeness (QED) is 0.384. The van der Waals surface area contributed by atoms with Crippen LogP contribution in [0, 0.1) is 0 Å². The molecular weight excluding hydrogens is 406 g/mol.